The van der Waals surface area contributed by atoms with E-state index in [9.17, 15) is 43.5 Å². The Hall–Kier alpha value is -0.950. The molecule has 0 bridgehead atoms. The van der Waals surface area contributed by atoms with Crippen LogP contribution < -0.4 is 5.73 Å². The zero-order valence-electron chi connectivity index (χ0n) is 12.9. The third-order valence-electron chi connectivity index (χ3n) is 2.69. The molecule has 152 valence electrons. The lowest BCUT2D eigenvalue weighted by Crippen LogP contribution is -2.52. The second-order valence-corrected chi connectivity index (χ2v) is 6.28. The fourth-order valence-corrected chi connectivity index (χ4v) is 1.83. The van der Waals surface area contributed by atoms with E-state index in [1.54, 1.807) is 6.08 Å². The molecule has 0 saturated carbocycles. The van der Waals surface area contributed by atoms with Crippen molar-refractivity contribution in [3.8, 4) is 0 Å². The van der Waals surface area contributed by atoms with Crippen molar-refractivity contribution in [1.82, 2.24) is 0 Å². The van der Waals surface area contributed by atoms with Crippen LogP contribution in [0, 0.1) is 0 Å². The summed E-state index contributed by atoms with van der Waals surface area (Å²) in [7, 11) is -6.53. The molecule has 25 heavy (non-hydrogen) atoms. The second-order valence-electron chi connectivity index (χ2n) is 4.82. The number of alkyl halides is 8. The summed E-state index contributed by atoms with van der Waals surface area (Å²) >= 11 is 0. The van der Waals surface area contributed by atoms with Crippen molar-refractivity contribution in [2.75, 3.05) is 6.54 Å². The normalized spacial score (nSPS) is 14.5. The highest BCUT2D eigenvalue weighted by atomic mass is 32.2. The first kappa shape index (κ1) is 26.3. The van der Waals surface area contributed by atoms with Gasteiger partial charge in [0.05, 0.1) is 0 Å². The van der Waals surface area contributed by atoms with E-state index >= 15 is 0 Å². The summed E-state index contributed by atoms with van der Waals surface area (Å²) in [4.78, 5) is 0. The third kappa shape index (κ3) is 9.35. The molecule has 0 fully saturated rings. The number of hydrogen-bond donors (Lipinski definition) is 2. The third-order valence-corrected chi connectivity index (χ3v) is 3.61. The number of halogens is 8. The lowest BCUT2D eigenvalue weighted by Gasteiger charge is -2.26. The van der Waals surface area contributed by atoms with E-state index in [1.807, 2.05) is 0 Å². The summed E-state index contributed by atoms with van der Waals surface area (Å²) in [5.74, 6) is -5.69. The molecule has 0 aliphatic rings. The lowest BCUT2D eigenvalue weighted by molar-refractivity contribution is -0.198. The van der Waals surface area contributed by atoms with Crippen molar-refractivity contribution < 1.29 is 48.1 Å². The molecular formula is C12H19F8NO3S. The van der Waals surface area contributed by atoms with Gasteiger partial charge in [-0.2, -0.15) is 39.2 Å². The van der Waals surface area contributed by atoms with E-state index < -0.39 is 59.3 Å². The van der Waals surface area contributed by atoms with Crippen LogP contribution in [0.2, 0.25) is 0 Å². The predicted molar refractivity (Wildman–Crippen MR) is 74.7 cm³/mol. The Morgan fingerprint density at radius 3 is 1.80 bits per heavy atom. The first-order valence-corrected chi connectivity index (χ1v) is 8.23. The molecule has 0 aliphatic heterocycles. The SMILES string of the molecule is C=CCN.O=S(=O)(O)C(F)(F)C(F)(F)C(F)CCCCCC(F)(F)F. The van der Waals surface area contributed by atoms with Gasteiger partial charge in [-0.15, -0.1) is 6.58 Å². The van der Waals surface area contributed by atoms with Gasteiger partial charge in [-0.25, -0.2) is 4.39 Å². The van der Waals surface area contributed by atoms with Crippen LogP contribution in [0.3, 0.4) is 0 Å². The van der Waals surface area contributed by atoms with Gasteiger partial charge in [0.1, 0.15) is 0 Å². The molecule has 0 saturated heterocycles. The minimum atomic E-state index is -6.53. The maximum absolute atomic E-state index is 13.0. The zero-order valence-corrected chi connectivity index (χ0v) is 13.7. The molecule has 3 N–H and O–H groups in total. The molecular weight excluding hydrogens is 390 g/mol. The molecule has 0 rings (SSSR count). The summed E-state index contributed by atoms with van der Waals surface area (Å²) in [6.07, 6.45) is -10.4. The van der Waals surface area contributed by atoms with Crippen molar-refractivity contribution in [2.24, 2.45) is 5.73 Å². The van der Waals surface area contributed by atoms with Crippen molar-refractivity contribution in [1.29, 1.82) is 0 Å². The molecule has 0 aromatic rings. The summed E-state index contributed by atoms with van der Waals surface area (Å²) in [5, 5.41) is -6.02. The van der Waals surface area contributed by atoms with Gasteiger partial charge in [0.15, 0.2) is 6.17 Å². The number of rotatable bonds is 9. The quantitative estimate of drug-likeness (QED) is 0.260. The Morgan fingerprint density at radius 1 is 1.04 bits per heavy atom. The molecule has 13 heteroatoms. The molecule has 1 atom stereocenters. The van der Waals surface area contributed by atoms with Gasteiger partial charge in [0.2, 0.25) is 0 Å². The molecule has 0 radical (unpaired) electrons. The van der Waals surface area contributed by atoms with Crippen LogP contribution >= 0.6 is 0 Å². The van der Waals surface area contributed by atoms with E-state index in [0.717, 1.165) is 0 Å². The van der Waals surface area contributed by atoms with E-state index in [2.05, 4.69) is 6.58 Å². The van der Waals surface area contributed by atoms with Gasteiger partial charge in [0, 0.05) is 13.0 Å². The van der Waals surface area contributed by atoms with Crippen LogP contribution in [0.4, 0.5) is 35.1 Å². The smallest absolute Gasteiger partial charge is 0.327 e. The molecule has 4 nitrogen and oxygen atoms in total. The highest BCUT2D eigenvalue weighted by Gasteiger charge is 2.69. The van der Waals surface area contributed by atoms with Gasteiger partial charge >= 0.3 is 27.5 Å². The van der Waals surface area contributed by atoms with Gasteiger partial charge < -0.3 is 5.73 Å². The van der Waals surface area contributed by atoms with Crippen LogP contribution in [-0.2, 0) is 10.1 Å². The van der Waals surface area contributed by atoms with Crippen molar-refractivity contribution in [2.45, 2.75) is 55.6 Å². The lowest BCUT2D eigenvalue weighted by atomic mass is 10.1. The molecule has 0 spiro atoms. The predicted octanol–water partition coefficient (Wildman–Crippen LogP) is 4.08. The van der Waals surface area contributed by atoms with Crippen molar-refractivity contribution in [3.05, 3.63) is 12.7 Å². The maximum atomic E-state index is 13.0. The topological polar surface area (TPSA) is 80.4 Å². The van der Waals surface area contributed by atoms with Crippen molar-refractivity contribution in [3.63, 3.8) is 0 Å². The number of unbranched alkanes of at least 4 members (excludes halogenated alkanes) is 2. The Labute approximate surface area is 139 Å². The largest absolute Gasteiger partial charge is 0.434 e. The zero-order chi connectivity index (χ0) is 20.5. The first-order valence-electron chi connectivity index (χ1n) is 6.79. The Bertz CT molecular complexity index is 493. The van der Waals surface area contributed by atoms with E-state index in [-0.39, 0.29) is 6.42 Å². The fourth-order valence-electron chi connectivity index (χ4n) is 1.36. The van der Waals surface area contributed by atoms with E-state index in [4.69, 9.17) is 10.3 Å². The molecule has 0 amide bonds. The second kappa shape index (κ2) is 10.3. The average molecular weight is 409 g/mol. The fraction of sp³-hybridized carbons (Fsp3) is 0.833. The van der Waals surface area contributed by atoms with Crippen LogP contribution in [0.5, 0.6) is 0 Å². The summed E-state index contributed by atoms with van der Waals surface area (Å²) < 4.78 is 128. The Morgan fingerprint density at radius 2 is 1.48 bits per heavy atom. The van der Waals surface area contributed by atoms with Gasteiger partial charge in [-0.05, 0) is 12.8 Å². The minimum Gasteiger partial charge on any atom is -0.327 e. The van der Waals surface area contributed by atoms with Crippen LogP contribution in [0.1, 0.15) is 32.1 Å². The van der Waals surface area contributed by atoms with Gasteiger partial charge in [0.25, 0.3) is 0 Å². The van der Waals surface area contributed by atoms with Gasteiger partial charge in [-0.1, -0.05) is 18.9 Å². The number of hydrogen-bond acceptors (Lipinski definition) is 3. The summed E-state index contributed by atoms with van der Waals surface area (Å²) in [6.45, 7) is 3.94. The first-order chi connectivity index (χ1) is 11.0. The Kier molecular flexibility index (Phi) is 10.8. The minimum absolute atomic E-state index is 0.354. The van der Waals surface area contributed by atoms with E-state index in [1.165, 1.54) is 0 Å². The molecule has 1 unspecified atom stereocenters. The summed E-state index contributed by atoms with van der Waals surface area (Å²) in [6, 6.07) is 0. The van der Waals surface area contributed by atoms with Crippen LogP contribution in [0.15, 0.2) is 12.7 Å². The standard InChI is InChI=1S/C9H12F8O3S.C3H7N/c10-6(4-2-1-3-5-7(11,12)13)8(14,15)9(16,17)21(18,19)20;1-2-3-4/h6H,1-5H2,(H,18,19,20);2H,1,3-4H2. The monoisotopic (exact) mass is 409 g/mol. The summed E-state index contributed by atoms with van der Waals surface area (Å²) in [5.41, 5.74) is 4.91. The highest BCUT2D eigenvalue weighted by Crippen LogP contribution is 2.43. The van der Waals surface area contributed by atoms with E-state index in [0.29, 0.717) is 6.54 Å². The van der Waals surface area contributed by atoms with Crippen molar-refractivity contribution >= 4 is 10.1 Å². The van der Waals surface area contributed by atoms with Gasteiger partial charge in [-0.3, -0.25) is 4.55 Å². The molecule has 0 aliphatic carbocycles. The molecule has 0 heterocycles. The highest BCUT2D eigenvalue weighted by molar-refractivity contribution is 7.87. The van der Waals surface area contributed by atoms with Crippen LogP contribution in [-0.4, -0.2) is 43.0 Å². The number of nitrogens with two attached hydrogens (primary N) is 1. The average Bonchev–Trinajstić information content (AvgIpc) is 2.44. The van der Waals surface area contributed by atoms with Crippen LogP contribution in [0.25, 0.3) is 0 Å². The maximum Gasteiger partial charge on any atom is 0.434 e. The molecule has 0 aromatic heterocycles. The Balaban J connectivity index is 0. The molecule has 0 aromatic carbocycles.